The average molecular weight is 509 g/mol. The molecule has 2 amide bonds. The van der Waals surface area contributed by atoms with Crippen LogP contribution in [-0.4, -0.2) is 35.8 Å². The molecular weight excluding hydrogens is 479 g/mol. The first kappa shape index (κ1) is 24.1. The Morgan fingerprint density at radius 3 is 2.40 bits per heavy atom. The van der Waals surface area contributed by atoms with E-state index >= 15 is 0 Å². The molecule has 6 heteroatoms. The van der Waals surface area contributed by atoms with E-state index in [4.69, 9.17) is 23.2 Å². The zero-order valence-corrected chi connectivity index (χ0v) is 21.2. The monoisotopic (exact) mass is 508 g/mol. The fraction of sp³-hybridized carbons (Fsp3) is 0.379. The van der Waals surface area contributed by atoms with Crippen molar-refractivity contribution in [3.63, 3.8) is 0 Å². The summed E-state index contributed by atoms with van der Waals surface area (Å²) in [5, 5.41) is 5.83. The van der Waals surface area contributed by atoms with Gasteiger partial charge in [0, 0.05) is 40.3 Å². The molecule has 1 aliphatic heterocycles. The van der Waals surface area contributed by atoms with E-state index in [0.29, 0.717) is 46.1 Å². The fourth-order valence-electron chi connectivity index (χ4n) is 5.85. The lowest BCUT2D eigenvalue weighted by Gasteiger charge is -2.44. The maximum Gasteiger partial charge on any atom is 0.254 e. The number of likely N-dealkylation sites (tertiary alicyclic amines) is 1. The van der Waals surface area contributed by atoms with E-state index in [9.17, 15) is 9.59 Å². The topological polar surface area (TPSA) is 49.4 Å². The van der Waals surface area contributed by atoms with Gasteiger partial charge in [-0.3, -0.25) is 9.59 Å². The van der Waals surface area contributed by atoms with Crippen LogP contribution < -0.4 is 5.32 Å². The van der Waals surface area contributed by atoms with Crippen molar-refractivity contribution >= 4 is 45.8 Å². The highest BCUT2D eigenvalue weighted by atomic mass is 35.5. The van der Waals surface area contributed by atoms with Gasteiger partial charge in [0.1, 0.15) is 0 Å². The van der Waals surface area contributed by atoms with Crippen molar-refractivity contribution in [2.75, 3.05) is 13.1 Å². The van der Waals surface area contributed by atoms with Gasteiger partial charge in [-0.1, -0.05) is 66.4 Å². The molecule has 0 aromatic heterocycles. The van der Waals surface area contributed by atoms with Gasteiger partial charge in [0.15, 0.2) is 0 Å². The van der Waals surface area contributed by atoms with E-state index in [0.717, 1.165) is 35.7 Å². The predicted octanol–water partition coefficient (Wildman–Crippen LogP) is 6.91. The Hall–Kier alpha value is -2.56. The van der Waals surface area contributed by atoms with Crippen LogP contribution in [0.4, 0.5) is 0 Å². The van der Waals surface area contributed by atoms with Gasteiger partial charge in [-0.2, -0.15) is 0 Å². The van der Waals surface area contributed by atoms with Crippen LogP contribution in [0.2, 0.25) is 10.0 Å². The summed E-state index contributed by atoms with van der Waals surface area (Å²) in [6.45, 7) is 1.27. The Balaban J connectivity index is 1.35. The molecule has 1 aliphatic carbocycles. The minimum atomic E-state index is -0.157. The Kier molecular flexibility index (Phi) is 7.31. The molecule has 182 valence electrons. The number of fused-ring (bicyclic) bond motifs is 2. The minimum Gasteiger partial charge on any atom is -0.352 e. The Morgan fingerprint density at radius 2 is 1.60 bits per heavy atom. The van der Waals surface area contributed by atoms with Gasteiger partial charge in [-0.25, -0.2) is 0 Å². The summed E-state index contributed by atoms with van der Waals surface area (Å²) in [6, 6.07) is 17.1. The van der Waals surface area contributed by atoms with Crippen molar-refractivity contribution in [2.24, 2.45) is 5.92 Å². The van der Waals surface area contributed by atoms with Crippen LogP contribution in [-0.2, 0) is 6.42 Å². The number of piperidine rings is 1. The molecule has 2 fully saturated rings. The largest absolute Gasteiger partial charge is 0.352 e. The summed E-state index contributed by atoms with van der Waals surface area (Å²) in [5.74, 6) is 0.574. The normalized spacial score (nSPS) is 19.9. The lowest BCUT2D eigenvalue weighted by atomic mass is 9.78. The van der Waals surface area contributed by atoms with Crippen LogP contribution in [0, 0.1) is 5.92 Å². The maximum atomic E-state index is 13.7. The number of amides is 2. The van der Waals surface area contributed by atoms with E-state index < -0.39 is 0 Å². The number of halogens is 2. The van der Waals surface area contributed by atoms with Crippen LogP contribution in [0.5, 0.6) is 0 Å². The summed E-state index contributed by atoms with van der Waals surface area (Å²) < 4.78 is 0. The van der Waals surface area contributed by atoms with E-state index in [2.05, 4.69) is 10.2 Å². The fourth-order valence-corrected chi connectivity index (χ4v) is 6.35. The molecule has 3 aromatic carbocycles. The molecule has 4 nitrogen and oxygen atoms in total. The van der Waals surface area contributed by atoms with Gasteiger partial charge in [0.25, 0.3) is 11.8 Å². The van der Waals surface area contributed by atoms with E-state index in [1.165, 1.54) is 25.7 Å². The Morgan fingerprint density at radius 1 is 0.886 bits per heavy atom. The Labute approximate surface area is 216 Å². The summed E-state index contributed by atoms with van der Waals surface area (Å²) in [5.41, 5.74) is 2.20. The third-order valence-electron chi connectivity index (χ3n) is 7.60. The third-order valence-corrected chi connectivity index (χ3v) is 8.19. The van der Waals surface area contributed by atoms with E-state index in [1.807, 2.05) is 36.4 Å². The molecule has 0 bridgehead atoms. The van der Waals surface area contributed by atoms with Crippen LogP contribution in [0.3, 0.4) is 0 Å². The highest BCUT2D eigenvalue weighted by Gasteiger charge is 2.36. The standard InChI is InChI=1S/C29H30Cl2N2O2/c30-21-12-11-19(26(31)18-21)15-16-32-28(34)24-13-14-25(23-9-3-2-8-22(23)24)29(35)33-17-5-7-20-6-1-4-10-27(20)33/h2-3,8-9,11-14,18,20,27H,1,4-7,10,15-17H2,(H,32,34)/t20-,27-/m0/s1. The van der Waals surface area contributed by atoms with Crippen LogP contribution in [0.1, 0.15) is 64.8 Å². The molecule has 1 heterocycles. The number of nitrogens with zero attached hydrogens (tertiary/aromatic N) is 1. The van der Waals surface area contributed by atoms with Crippen molar-refractivity contribution in [1.29, 1.82) is 0 Å². The summed E-state index contributed by atoms with van der Waals surface area (Å²) in [7, 11) is 0. The molecule has 0 radical (unpaired) electrons. The molecule has 5 rings (SSSR count). The van der Waals surface area contributed by atoms with Gasteiger partial charge in [0.05, 0.1) is 0 Å². The van der Waals surface area contributed by atoms with Crippen molar-refractivity contribution < 1.29 is 9.59 Å². The molecule has 2 aliphatic rings. The van der Waals surface area contributed by atoms with Gasteiger partial charge in [-0.05, 0) is 78.6 Å². The molecule has 1 N–H and O–H groups in total. The highest BCUT2D eigenvalue weighted by molar-refractivity contribution is 6.35. The van der Waals surface area contributed by atoms with Crippen molar-refractivity contribution in [3.8, 4) is 0 Å². The zero-order chi connectivity index (χ0) is 24.4. The number of rotatable bonds is 5. The first-order valence-electron chi connectivity index (χ1n) is 12.6. The second-order valence-corrected chi connectivity index (χ2v) is 10.5. The number of carbonyl (C=O) groups excluding carboxylic acids is 2. The Bertz CT molecular complexity index is 1260. The SMILES string of the molecule is O=C(NCCc1ccc(Cl)cc1Cl)c1ccc(C(=O)N2CCC[C@@H]3CCCC[C@@H]32)c2ccccc12. The quantitative estimate of drug-likeness (QED) is 0.406. The number of hydrogen-bond acceptors (Lipinski definition) is 2. The van der Waals surface area contributed by atoms with E-state index in [-0.39, 0.29) is 11.8 Å². The van der Waals surface area contributed by atoms with Crippen LogP contribution in [0.15, 0.2) is 54.6 Å². The summed E-state index contributed by atoms with van der Waals surface area (Å²) in [4.78, 5) is 29.0. The molecule has 1 saturated carbocycles. The van der Waals surface area contributed by atoms with Gasteiger partial charge < -0.3 is 10.2 Å². The molecule has 0 unspecified atom stereocenters. The second-order valence-electron chi connectivity index (χ2n) is 9.70. The lowest BCUT2D eigenvalue weighted by molar-refractivity contribution is 0.0392. The average Bonchev–Trinajstić information content (AvgIpc) is 2.88. The first-order chi connectivity index (χ1) is 17.0. The van der Waals surface area contributed by atoms with Gasteiger partial charge in [0.2, 0.25) is 0 Å². The van der Waals surface area contributed by atoms with E-state index in [1.54, 1.807) is 18.2 Å². The van der Waals surface area contributed by atoms with Crippen molar-refractivity contribution in [2.45, 2.75) is 51.0 Å². The minimum absolute atomic E-state index is 0.0992. The molecule has 2 atom stereocenters. The molecule has 1 saturated heterocycles. The van der Waals surface area contributed by atoms with Crippen LogP contribution >= 0.6 is 23.2 Å². The number of hydrogen-bond donors (Lipinski definition) is 1. The molecule has 0 spiro atoms. The van der Waals surface area contributed by atoms with Crippen molar-refractivity contribution in [1.82, 2.24) is 10.2 Å². The first-order valence-corrected chi connectivity index (χ1v) is 13.3. The third kappa shape index (κ3) is 5.05. The molecular formula is C29H30Cl2N2O2. The van der Waals surface area contributed by atoms with Crippen LogP contribution in [0.25, 0.3) is 10.8 Å². The van der Waals surface area contributed by atoms with Crippen molar-refractivity contribution in [3.05, 3.63) is 81.3 Å². The highest BCUT2D eigenvalue weighted by Crippen LogP contribution is 2.36. The number of carbonyl (C=O) groups is 2. The number of nitrogens with one attached hydrogen (secondary N) is 1. The number of benzene rings is 3. The van der Waals surface area contributed by atoms with Gasteiger partial charge in [-0.15, -0.1) is 0 Å². The molecule has 3 aromatic rings. The molecule has 35 heavy (non-hydrogen) atoms. The lowest BCUT2D eigenvalue weighted by Crippen LogP contribution is -2.49. The second kappa shape index (κ2) is 10.6. The predicted molar refractivity (Wildman–Crippen MR) is 142 cm³/mol. The zero-order valence-electron chi connectivity index (χ0n) is 19.7. The van der Waals surface area contributed by atoms with Gasteiger partial charge >= 0.3 is 0 Å². The summed E-state index contributed by atoms with van der Waals surface area (Å²) >= 11 is 12.2. The maximum absolute atomic E-state index is 13.7. The summed E-state index contributed by atoms with van der Waals surface area (Å²) in [6.07, 6.45) is 7.72. The smallest absolute Gasteiger partial charge is 0.254 e.